The second kappa shape index (κ2) is 8.26. The van der Waals surface area contributed by atoms with Crippen LogP contribution in [0.1, 0.15) is 40.1 Å². The van der Waals surface area contributed by atoms with Crippen molar-refractivity contribution in [1.82, 2.24) is 15.1 Å². The smallest absolute Gasteiger partial charge is 0.255 e. The van der Waals surface area contributed by atoms with Crippen LogP contribution in [0.4, 0.5) is 10.3 Å². The molecule has 0 bridgehead atoms. The maximum absolute atomic E-state index is 13.4. The summed E-state index contributed by atoms with van der Waals surface area (Å²) in [6.45, 7) is 6.54. The standard InChI is InChI=1S/C23H26FN5O2/c1-15-19(20-21-25-7-10-29(21)14-27-23(20)31-15)22(30)26-12-16-5-8-28(9-6-16)13-17-3-2-4-18(24)11-17/h2-4,11,14,16H,5-10,12-13H2,1H3,(H,26,30). The number of amidine groups is 1. The molecule has 162 valence electrons. The molecule has 8 heteroatoms. The fourth-order valence-electron chi connectivity index (χ4n) is 4.59. The van der Waals surface area contributed by atoms with Gasteiger partial charge in [-0.1, -0.05) is 12.1 Å². The lowest BCUT2D eigenvalue weighted by molar-refractivity contribution is 0.0933. The molecule has 7 nitrogen and oxygen atoms in total. The summed E-state index contributed by atoms with van der Waals surface area (Å²) in [4.78, 5) is 26.2. The van der Waals surface area contributed by atoms with Gasteiger partial charge in [0, 0.05) is 19.6 Å². The number of nitrogens with one attached hydrogen (secondary N) is 1. The van der Waals surface area contributed by atoms with E-state index in [1.165, 1.54) is 6.07 Å². The lowest BCUT2D eigenvalue weighted by Crippen LogP contribution is -2.39. The first-order valence-electron chi connectivity index (χ1n) is 10.8. The normalized spacial score (nSPS) is 18.6. The van der Waals surface area contributed by atoms with E-state index in [2.05, 4.69) is 20.2 Å². The van der Waals surface area contributed by atoms with Crippen molar-refractivity contribution >= 4 is 24.0 Å². The highest BCUT2D eigenvalue weighted by molar-refractivity contribution is 6.17. The predicted molar refractivity (Wildman–Crippen MR) is 116 cm³/mol. The third-order valence-electron chi connectivity index (χ3n) is 6.26. The fourth-order valence-corrected chi connectivity index (χ4v) is 4.59. The second-order valence-electron chi connectivity index (χ2n) is 8.42. The molecule has 3 aliphatic rings. The summed E-state index contributed by atoms with van der Waals surface area (Å²) in [5, 5.41) is 3.11. The van der Waals surface area contributed by atoms with E-state index < -0.39 is 0 Å². The molecule has 4 heterocycles. The molecule has 1 fully saturated rings. The number of aryl methyl sites for hydroxylation is 1. The van der Waals surface area contributed by atoms with Crippen LogP contribution in [0.15, 0.2) is 38.7 Å². The van der Waals surface area contributed by atoms with Gasteiger partial charge in [-0.05, 0) is 56.5 Å². The van der Waals surface area contributed by atoms with Crippen LogP contribution in [-0.2, 0) is 6.54 Å². The molecule has 0 spiro atoms. The van der Waals surface area contributed by atoms with E-state index >= 15 is 0 Å². The Bertz CT molecular complexity index is 1050. The van der Waals surface area contributed by atoms with Crippen LogP contribution in [0, 0.1) is 18.7 Å². The summed E-state index contributed by atoms with van der Waals surface area (Å²) in [6, 6.07) is 6.79. The Morgan fingerprint density at radius 1 is 1.29 bits per heavy atom. The Morgan fingerprint density at radius 3 is 2.94 bits per heavy atom. The highest BCUT2D eigenvalue weighted by Crippen LogP contribution is 2.34. The Kier molecular flexibility index (Phi) is 5.31. The molecular weight excluding hydrogens is 397 g/mol. The van der Waals surface area contributed by atoms with E-state index in [9.17, 15) is 9.18 Å². The van der Waals surface area contributed by atoms with E-state index in [1.807, 2.05) is 11.0 Å². The van der Waals surface area contributed by atoms with Gasteiger partial charge in [-0.25, -0.2) is 9.38 Å². The van der Waals surface area contributed by atoms with Crippen molar-refractivity contribution in [3.05, 3.63) is 52.5 Å². The Labute approximate surface area is 180 Å². The van der Waals surface area contributed by atoms with E-state index in [0.29, 0.717) is 41.8 Å². The quantitative estimate of drug-likeness (QED) is 0.802. The summed E-state index contributed by atoms with van der Waals surface area (Å²) < 4.78 is 19.1. The summed E-state index contributed by atoms with van der Waals surface area (Å²) in [6.07, 6.45) is 3.72. The number of hydrogen-bond acceptors (Lipinski definition) is 6. The van der Waals surface area contributed by atoms with Crippen LogP contribution < -0.4 is 5.32 Å². The first kappa shape index (κ1) is 19.9. The first-order chi connectivity index (χ1) is 15.1. The lowest BCUT2D eigenvalue weighted by Gasteiger charge is -2.32. The molecule has 0 radical (unpaired) electrons. The van der Waals surface area contributed by atoms with Gasteiger partial charge in [-0.15, -0.1) is 0 Å². The largest absolute Gasteiger partial charge is 0.442 e. The highest BCUT2D eigenvalue weighted by atomic mass is 19.1. The van der Waals surface area contributed by atoms with Crippen molar-refractivity contribution < 1.29 is 13.6 Å². The SMILES string of the molecule is Cc1oc2c(c1C(=O)NCC1CCN(Cc3cccc(F)c3)CC1)C1=NCCN1C=N2. The van der Waals surface area contributed by atoms with Gasteiger partial charge in [-0.2, -0.15) is 0 Å². The fraction of sp³-hybridized carbons (Fsp3) is 0.435. The topological polar surface area (TPSA) is 73.4 Å². The number of piperidine rings is 1. The van der Waals surface area contributed by atoms with Crippen LogP contribution in [0.3, 0.4) is 0 Å². The molecule has 1 aromatic carbocycles. The van der Waals surface area contributed by atoms with Gasteiger partial charge < -0.3 is 14.6 Å². The molecule has 0 saturated carbocycles. The van der Waals surface area contributed by atoms with Gasteiger partial charge in [0.15, 0.2) is 0 Å². The number of hydrogen-bond donors (Lipinski definition) is 1. The van der Waals surface area contributed by atoms with E-state index in [0.717, 1.165) is 50.4 Å². The van der Waals surface area contributed by atoms with Crippen LogP contribution >= 0.6 is 0 Å². The Morgan fingerprint density at radius 2 is 2.13 bits per heavy atom. The van der Waals surface area contributed by atoms with Gasteiger partial charge in [0.25, 0.3) is 5.91 Å². The number of aliphatic imine (C=N–C) groups is 2. The maximum atomic E-state index is 13.4. The number of furan rings is 1. The number of fused-ring (bicyclic) bond motifs is 3. The minimum Gasteiger partial charge on any atom is -0.442 e. The Balaban J connectivity index is 1.17. The number of amides is 1. The van der Waals surface area contributed by atoms with Gasteiger partial charge in [-0.3, -0.25) is 14.7 Å². The van der Waals surface area contributed by atoms with E-state index in [-0.39, 0.29) is 11.7 Å². The van der Waals surface area contributed by atoms with Crippen LogP contribution in [-0.4, -0.2) is 60.6 Å². The molecule has 1 saturated heterocycles. The summed E-state index contributed by atoms with van der Waals surface area (Å²) >= 11 is 0. The summed E-state index contributed by atoms with van der Waals surface area (Å²) in [5.41, 5.74) is 2.25. The Hall–Kier alpha value is -3.00. The van der Waals surface area contributed by atoms with Gasteiger partial charge in [0.2, 0.25) is 5.88 Å². The number of likely N-dealkylation sites (tertiary alicyclic amines) is 1. The summed E-state index contributed by atoms with van der Waals surface area (Å²) in [7, 11) is 0. The maximum Gasteiger partial charge on any atom is 0.255 e. The third kappa shape index (κ3) is 3.99. The molecule has 0 unspecified atom stereocenters. The average Bonchev–Trinajstić information content (AvgIpc) is 3.36. The lowest BCUT2D eigenvalue weighted by atomic mass is 9.96. The first-order valence-corrected chi connectivity index (χ1v) is 10.8. The zero-order chi connectivity index (χ0) is 21.4. The van der Waals surface area contributed by atoms with Crippen molar-refractivity contribution in [2.24, 2.45) is 15.9 Å². The zero-order valence-electron chi connectivity index (χ0n) is 17.6. The van der Waals surface area contributed by atoms with Gasteiger partial charge >= 0.3 is 0 Å². The van der Waals surface area contributed by atoms with Crippen molar-refractivity contribution in [1.29, 1.82) is 0 Å². The molecular formula is C23H26FN5O2. The van der Waals surface area contributed by atoms with Gasteiger partial charge in [0.05, 0.1) is 17.7 Å². The molecule has 2 aromatic rings. The van der Waals surface area contributed by atoms with Gasteiger partial charge in [0.1, 0.15) is 23.8 Å². The molecule has 0 aliphatic carbocycles. The number of halogens is 1. The minimum absolute atomic E-state index is 0.128. The van der Waals surface area contributed by atoms with E-state index in [1.54, 1.807) is 25.4 Å². The van der Waals surface area contributed by atoms with Crippen LogP contribution in [0.2, 0.25) is 0 Å². The molecule has 31 heavy (non-hydrogen) atoms. The third-order valence-corrected chi connectivity index (χ3v) is 6.26. The number of nitrogens with zero attached hydrogens (tertiary/aromatic N) is 4. The van der Waals surface area contributed by atoms with Crippen LogP contribution in [0.5, 0.6) is 0 Å². The highest BCUT2D eigenvalue weighted by Gasteiger charge is 2.33. The molecule has 1 N–H and O–H groups in total. The average molecular weight is 423 g/mol. The minimum atomic E-state index is -0.191. The van der Waals surface area contributed by atoms with Crippen LogP contribution in [0.25, 0.3) is 0 Å². The second-order valence-corrected chi connectivity index (χ2v) is 8.42. The molecule has 1 amide bonds. The number of carbonyl (C=O) groups is 1. The number of benzene rings is 1. The molecule has 5 rings (SSSR count). The zero-order valence-corrected chi connectivity index (χ0v) is 17.6. The number of carbonyl (C=O) groups excluding carboxylic acids is 1. The summed E-state index contributed by atoms with van der Waals surface area (Å²) in [5.74, 6) is 1.92. The van der Waals surface area contributed by atoms with Crippen molar-refractivity contribution in [3.8, 4) is 0 Å². The molecule has 1 aromatic heterocycles. The monoisotopic (exact) mass is 423 g/mol. The molecule has 3 aliphatic heterocycles. The van der Waals surface area contributed by atoms with Crippen molar-refractivity contribution in [2.45, 2.75) is 26.3 Å². The molecule has 0 atom stereocenters. The van der Waals surface area contributed by atoms with Crippen molar-refractivity contribution in [2.75, 3.05) is 32.7 Å². The van der Waals surface area contributed by atoms with E-state index in [4.69, 9.17) is 4.42 Å². The number of rotatable bonds is 5. The predicted octanol–water partition coefficient (Wildman–Crippen LogP) is 3.10. The van der Waals surface area contributed by atoms with Crippen molar-refractivity contribution in [3.63, 3.8) is 0 Å².